The Kier molecular flexibility index (Phi) is 5.31. The lowest BCUT2D eigenvalue weighted by Gasteiger charge is -2.25. The van der Waals surface area contributed by atoms with Gasteiger partial charge in [-0.3, -0.25) is 9.59 Å². The summed E-state index contributed by atoms with van der Waals surface area (Å²) in [4.78, 5) is 22.1. The van der Waals surface area contributed by atoms with E-state index >= 15 is 0 Å². The molecule has 96 valence electrons. The SMILES string of the molecule is CC(=O)OC[C@H]1O[C@H](OCC(C)C)C=CC1=O. The third-order valence-corrected chi connectivity index (χ3v) is 2.07. The number of esters is 1. The summed E-state index contributed by atoms with van der Waals surface area (Å²) in [5, 5.41) is 0. The molecule has 1 aliphatic heterocycles. The van der Waals surface area contributed by atoms with Crippen LogP contribution in [0, 0.1) is 5.92 Å². The summed E-state index contributed by atoms with van der Waals surface area (Å²) < 4.78 is 15.5. The summed E-state index contributed by atoms with van der Waals surface area (Å²) in [5.74, 6) is -0.261. The molecule has 0 saturated carbocycles. The lowest BCUT2D eigenvalue weighted by Crippen LogP contribution is -2.37. The van der Waals surface area contributed by atoms with E-state index < -0.39 is 18.4 Å². The number of hydrogen-bond donors (Lipinski definition) is 0. The van der Waals surface area contributed by atoms with Crippen LogP contribution in [0.5, 0.6) is 0 Å². The number of carbonyl (C=O) groups is 2. The van der Waals surface area contributed by atoms with Gasteiger partial charge in [0.15, 0.2) is 18.2 Å². The molecule has 5 nitrogen and oxygen atoms in total. The second kappa shape index (κ2) is 6.51. The summed E-state index contributed by atoms with van der Waals surface area (Å²) in [6.45, 7) is 5.81. The first-order valence-corrected chi connectivity index (χ1v) is 5.61. The van der Waals surface area contributed by atoms with Crippen LogP contribution in [-0.4, -0.2) is 37.4 Å². The lowest BCUT2D eigenvalue weighted by atomic mass is 10.2. The maximum Gasteiger partial charge on any atom is 0.302 e. The molecular formula is C12H18O5. The zero-order valence-electron chi connectivity index (χ0n) is 10.3. The van der Waals surface area contributed by atoms with Gasteiger partial charge < -0.3 is 14.2 Å². The van der Waals surface area contributed by atoms with Crippen molar-refractivity contribution in [3.8, 4) is 0 Å². The summed E-state index contributed by atoms with van der Waals surface area (Å²) in [6, 6.07) is 0. The van der Waals surface area contributed by atoms with Gasteiger partial charge >= 0.3 is 5.97 Å². The molecule has 0 radical (unpaired) electrons. The summed E-state index contributed by atoms with van der Waals surface area (Å²) in [5.41, 5.74) is 0. The molecule has 1 heterocycles. The van der Waals surface area contributed by atoms with Crippen LogP contribution in [0.1, 0.15) is 20.8 Å². The third kappa shape index (κ3) is 5.10. The van der Waals surface area contributed by atoms with Crippen LogP contribution in [0.4, 0.5) is 0 Å². The van der Waals surface area contributed by atoms with E-state index in [2.05, 4.69) is 0 Å². The molecular weight excluding hydrogens is 224 g/mol. The van der Waals surface area contributed by atoms with Crippen molar-refractivity contribution in [2.24, 2.45) is 5.92 Å². The van der Waals surface area contributed by atoms with Crippen molar-refractivity contribution in [2.75, 3.05) is 13.2 Å². The first kappa shape index (κ1) is 13.9. The highest BCUT2D eigenvalue weighted by atomic mass is 16.7. The Morgan fingerprint density at radius 2 is 2.24 bits per heavy atom. The molecule has 0 spiro atoms. The van der Waals surface area contributed by atoms with Crippen molar-refractivity contribution in [2.45, 2.75) is 33.2 Å². The average molecular weight is 242 g/mol. The Balaban J connectivity index is 2.43. The molecule has 0 aliphatic carbocycles. The molecule has 17 heavy (non-hydrogen) atoms. The smallest absolute Gasteiger partial charge is 0.302 e. The van der Waals surface area contributed by atoms with Crippen LogP contribution < -0.4 is 0 Å². The van der Waals surface area contributed by atoms with Crippen LogP contribution in [0.15, 0.2) is 12.2 Å². The highest BCUT2D eigenvalue weighted by Gasteiger charge is 2.26. The van der Waals surface area contributed by atoms with E-state index in [4.69, 9.17) is 14.2 Å². The first-order valence-electron chi connectivity index (χ1n) is 5.61. The fourth-order valence-corrected chi connectivity index (χ4v) is 1.25. The second-order valence-electron chi connectivity index (χ2n) is 4.28. The van der Waals surface area contributed by atoms with Gasteiger partial charge in [0, 0.05) is 6.92 Å². The molecule has 0 N–H and O–H groups in total. The van der Waals surface area contributed by atoms with E-state index in [1.54, 1.807) is 6.08 Å². The Bertz CT molecular complexity index is 308. The minimum absolute atomic E-state index is 0.0694. The molecule has 0 aromatic rings. The monoisotopic (exact) mass is 242 g/mol. The Hall–Kier alpha value is -1.20. The average Bonchev–Trinajstić information content (AvgIpc) is 2.26. The highest BCUT2D eigenvalue weighted by molar-refractivity contribution is 5.94. The molecule has 1 rings (SSSR count). The van der Waals surface area contributed by atoms with Crippen molar-refractivity contribution in [3.05, 3.63) is 12.2 Å². The van der Waals surface area contributed by atoms with Crippen molar-refractivity contribution in [3.63, 3.8) is 0 Å². The van der Waals surface area contributed by atoms with Crippen molar-refractivity contribution >= 4 is 11.8 Å². The van der Waals surface area contributed by atoms with Crippen LogP contribution in [0.25, 0.3) is 0 Å². The molecule has 0 amide bonds. The molecule has 0 aromatic carbocycles. The zero-order chi connectivity index (χ0) is 12.8. The number of rotatable bonds is 5. The fourth-order valence-electron chi connectivity index (χ4n) is 1.25. The minimum Gasteiger partial charge on any atom is -0.463 e. The van der Waals surface area contributed by atoms with E-state index in [9.17, 15) is 9.59 Å². The first-order chi connectivity index (χ1) is 7.99. The van der Waals surface area contributed by atoms with Gasteiger partial charge in [-0.2, -0.15) is 0 Å². The quantitative estimate of drug-likeness (QED) is 0.675. The number of hydrogen-bond acceptors (Lipinski definition) is 5. The maximum atomic E-state index is 11.4. The Labute approximate surface area is 101 Å². The predicted octanol–water partition coefficient (Wildman–Crippen LogP) is 1.07. The Morgan fingerprint density at radius 1 is 1.53 bits per heavy atom. The van der Waals surface area contributed by atoms with Gasteiger partial charge in [0.05, 0.1) is 6.61 Å². The summed E-state index contributed by atoms with van der Waals surface area (Å²) in [6.07, 6.45) is 1.66. The molecule has 0 unspecified atom stereocenters. The lowest BCUT2D eigenvalue weighted by molar-refractivity contribution is -0.177. The summed E-state index contributed by atoms with van der Waals surface area (Å²) >= 11 is 0. The molecule has 5 heteroatoms. The van der Waals surface area contributed by atoms with Crippen molar-refractivity contribution < 1.29 is 23.8 Å². The molecule has 1 aliphatic rings. The minimum atomic E-state index is -0.763. The van der Waals surface area contributed by atoms with Gasteiger partial charge in [-0.1, -0.05) is 13.8 Å². The number of ether oxygens (including phenoxy) is 3. The van der Waals surface area contributed by atoms with E-state index in [1.165, 1.54) is 13.0 Å². The normalized spacial score (nSPS) is 24.1. The van der Waals surface area contributed by atoms with Gasteiger partial charge in [-0.25, -0.2) is 0 Å². The molecule has 0 aromatic heterocycles. The van der Waals surface area contributed by atoms with Gasteiger partial charge in [0.2, 0.25) is 0 Å². The van der Waals surface area contributed by atoms with E-state index in [-0.39, 0.29) is 12.4 Å². The number of ketones is 1. The van der Waals surface area contributed by atoms with Crippen LogP contribution >= 0.6 is 0 Å². The predicted molar refractivity (Wildman–Crippen MR) is 60.2 cm³/mol. The van der Waals surface area contributed by atoms with Crippen molar-refractivity contribution in [1.82, 2.24) is 0 Å². The van der Waals surface area contributed by atoms with Crippen LogP contribution in [0.3, 0.4) is 0 Å². The fraction of sp³-hybridized carbons (Fsp3) is 0.667. The van der Waals surface area contributed by atoms with E-state index in [0.717, 1.165) is 0 Å². The summed E-state index contributed by atoms with van der Waals surface area (Å²) in [7, 11) is 0. The Morgan fingerprint density at radius 3 is 2.82 bits per heavy atom. The van der Waals surface area contributed by atoms with E-state index in [0.29, 0.717) is 12.5 Å². The third-order valence-electron chi connectivity index (χ3n) is 2.07. The highest BCUT2D eigenvalue weighted by Crippen LogP contribution is 2.12. The largest absolute Gasteiger partial charge is 0.463 e. The van der Waals surface area contributed by atoms with E-state index in [1.807, 2.05) is 13.8 Å². The van der Waals surface area contributed by atoms with Crippen molar-refractivity contribution in [1.29, 1.82) is 0 Å². The van der Waals surface area contributed by atoms with Gasteiger partial charge in [-0.05, 0) is 18.1 Å². The van der Waals surface area contributed by atoms with Gasteiger partial charge in [0.25, 0.3) is 0 Å². The maximum absolute atomic E-state index is 11.4. The molecule has 2 atom stereocenters. The zero-order valence-corrected chi connectivity index (χ0v) is 10.3. The topological polar surface area (TPSA) is 61.8 Å². The van der Waals surface area contributed by atoms with Gasteiger partial charge in [-0.15, -0.1) is 0 Å². The molecule has 0 bridgehead atoms. The van der Waals surface area contributed by atoms with Crippen LogP contribution in [-0.2, 0) is 23.8 Å². The molecule has 0 saturated heterocycles. The number of carbonyl (C=O) groups excluding carboxylic acids is 2. The van der Waals surface area contributed by atoms with Gasteiger partial charge in [0.1, 0.15) is 6.61 Å². The molecule has 0 fully saturated rings. The second-order valence-corrected chi connectivity index (χ2v) is 4.28. The standard InChI is InChI=1S/C12H18O5/c1-8(2)6-16-12-5-4-10(14)11(17-12)7-15-9(3)13/h4-5,8,11-12H,6-7H2,1-3H3/t11-,12+/m1/s1. The van der Waals surface area contributed by atoms with Crippen LogP contribution in [0.2, 0.25) is 0 Å².